The minimum Gasteiger partial charge on any atom is -0.462 e. The molecular formula is C15H23O2P. The van der Waals surface area contributed by atoms with Crippen molar-refractivity contribution in [2.75, 3.05) is 6.61 Å². The van der Waals surface area contributed by atoms with Gasteiger partial charge in [0.2, 0.25) is 0 Å². The first-order valence-electron chi connectivity index (χ1n) is 6.52. The largest absolute Gasteiger partial charge is 0.462 e. The molecule has 0 amide bonds. The van der Waals surface area contributed by atoms with Crippen molar-refractivity contribution in [3.05, 3.63) is 29.8 Å². The number of rotatable bonds is 5. The number of esters is 1. The minimum absolute atomic E-state index is 0.221. The van der Waals surface area contributed by atoms with Gasteiger partial charge >= 0.3 is 5.97 Å². The SMILES string of the molecule is CCOC(=O)c1cccc(P(C(C)C)C(C)C)c1. The van der Waals surface area contributed by atoms with Crippen LogP contribution in [0.15, 0.2) is 24.3 Å². The lowest BCUT2D eigenvalue weighted by molar-refractivity contribution is 0.0526. The van der Waals surface area contributed by atoms with Crippen LogP contribution in [0.5, 0.6) is 0 Å². The molecule has 0 aliphatic carbocycles. The van der Waals surface area contributed by atoms with Crippen molar-refractivity contribution in [2.24, 2.45) is 0 Å². The van der Waals surface area contributed by atoms with Crippen LogP contribution in [0.1, 0.15) is 45.0 Å². The van der Waals surface area contributed by atoms with Crippen LogP contribution in [0.4, 0.5) is 0 Å². The molecule has 100 valence electrons. The van der Waals surface area contributed by atoms with Gasteiger partial charge in [0.15, 0.2) is 0 Å². The summed E-state index contributed by atoms with van der Waals surface area (Å²) in [5, 5.41) is 1.29. The average Bonchev–Trinajstić information content (AvgIpc) is 2.28. The summed E-state index contributed by atoms with van der Waals surface area (Å²) in [7, 11) is -0.232. The highest BCUT2D eigenvalue weighted by atomic mass is 31.1. The van der Waals surface area contributed by atoms with Crippen LogP contribution >= 0.6 is 7.92 Å². The van der Waals surface area contributed by atoms with Crippen molar-refractivity contribution in [1.82, 2.24) is 0 Å². The molecule has 0 bridgehead atoms. The predicted molar refractivity (Wildman–Crippen MR) is 79.2 cm³/mol. The molecule has 0 aliphatic rings. The fraction of sp³-hybridized carbons (Fsp3) is 0.533. The lowest BCUT2D eigenvalue weighted by Crippen LogP contribution is -2.17. The Bertz CT molecular complexity index is 391. The molecular weight excluding hydrogens is 243 g/mol. The van der Waals surface area contributed by atoms with Gasteiger partial charge in [-0.2, -0.15) is 0 Å². The van der Waals surface area contributed by atoms with Crippen LogP contribution in [0.25, 0.3) is 0 Å². The lowest BCUT2D eigenvalue weighted by Gasteiger charge is -2.26. The second kappa shape index (κ2) is 6.89. The molecule has 0 aliphatic heterocycles. The molecule has 3 heteroatoms. The van der Waals surface area contributed by atoms with E-state index in [0.717, 1.165) is 0 Å². The van der Waals surface area contributed by atoms with Gasteiger partial charge in [-0.1, -0.05) is 47.7 Å². The predicted octanol–water partition coefficient (Wildman–Crippen LogP) is 3.79. The second-order valence-electron chi connectivity index (χ2n) is 4.87. The number of hydrogen-bond acceptors (Lipinski definition) is 2. The zero-order valence-electron chi connectivity index (χ0n) is 11.9. The molecule has 0 atom stereocenters. The molecule has 0 unspecified atom stereocenters. The van der Waals surface area contributed by atoms with Gasteiger partial charge in [0.25, 0.3) is 0 Å². The lowest BCUT2D eigenvalue weighted by atomic mass is 10.2. The van der Waals surface area contributed by atoms with E-state index in [1.165, 1.54) is 5.30 Å². The average molecular weight is 266 g/mol. The highest BCUT2D eigenvalue weighted by molar-refractivity contribution is 7.66. The summed E-state index contributed by atoms with van der Waals surface area (Å²) in [6, 6.07) is 7.93. The van der Waals surface area contributed by atoms with Crippen LogP contribution in [0, 0.1) is 0 Å². The molecule has 1 aromatic rings. The van der Waals surface area contributed by atoms with E-state index in [1.807, 2.05) is 25.1 Å². The molecule has 0 spiro atoms. The summed E-state index contributed by atoms with van der Waals surface area (Å²) < 4.78 is 5.05. The maximum Gasteiger partial charge on any atom is 0.338 e. The van der Waals surface area contributed by atoms with Crippen molar-refractivity contribution >= 4 is 19.2 Å². The third kappa shape index (κ3) is 3.81. The number of ether oxygens (including phenoxy) is 1. The Labute approximate surface area is 111 Å². The van der Waals surface area contributed by atoms with Crippen LogP contribution in [-0.2, 0) is 4.74 Å². The molecule has 0 fully saturated rings. The highest BCUT2D eigenvalue weighted by Crippen LogP contribution is 2.44. The van der Waals surface area contributed by atoms with Crippen LogP contribution in [-0.4, -0.2) is 23.9 Å². The number of hydrogen-bond donors (Lipinski definition) is 0. The normalized spacial score (nSPS) is 11.3. The Kier molecular flexibility index (Phi) is 5.81. The quantitative estimate of drug-likeness (QED) is 0.598. The fourth-order valence-electron chi connectivity index (χ4n) is 2.20. The Balaban J connectivity index is 3.03. The first-order valence-corrected chi connectivity index (χ1v) is 8.00. The second-order valence-corrected chi connectivity index (χ2v) is 8.26. The first kappa shape index (κ1) is 15.2. The number of benzene rings is 1. The molecule has 0 radical (unpaired) electrons. The van der Waals surface area contributed by atoms with E-state index in [-0.39, 0.29) is 13.9 Å². The summed E-state index contributed by atoms with van der Waals surface area (Å²) in [5.74, 6) is -0.221. The van der Waals surface area contributed by atoms with Crippen molar-refractivity contribution in [3.8, 4) is 0 Å². The van der Waals surface area contributed by atoms with E-state index in [9.17, 15) is 4.79 Å². The number of carbonyl (C=O) groups is 1. The highest BCUT2D eigenvalue weighted by Gasteiger charge is 2.20. The van der Waals surface area contributed by atoms with Crippen molar-refractivity contribution in [3.63, 3.8) is 0 Å². The van der Waals surface area contributed by atoms with E-state index < -0.39 is 0 Å². The number of carbonyl (C=O) groups excluding carboxylic acids is 1. The van der Waals surface area contributed by atoms with Gasteiger partial charge in [-0.3, -0.25) is 0 Å². The Morgan fingerprint density at radius 3 is 2.33 bits per heavy atom. The van der Waals surface area contributed by atoms with E-state index in [2.05, 4.69) is 33.8 Å². The summed E-state index contributed by atoms with van der Waals surface area (Å²) in [6.45, 7) is 11.3. The third-order valence-corrected chi connectivity index (χ3v) is 5.87. The molecule has 2 nitrogen and oxygen atoms in total. The van der Waals surface area contributed by atoms with Crippen LogP contribution in [0.3, 0.4) is 0 Å². The fourth-order valence-corrected chi connectivity index (χ4v) is 5.13. The summed E-state index contributed by atoms with van der Waals surface area (Å²) >= 11 is 0. The van der Waals surface area contributed by atoms with Gasteiger partial charge in [-0.15, -0.1) is 0 Å². The maximum atomic E-state index is 11.7. The van der Waals surface area contributed by atoms with E-state index in [1.54, 1.807) is 0 Å². The summed E-state index contributed by atoms with van der Waals surface area (Å²) in [6.07, 6.45) is 0. The molecule has 18 heavy (non-hydrogen) atoms. The zero-order valence-corrected chi connectivity index (χ0v) is 12.8. The molecule has 1 rings (SSSR count). The van der Waals surface area contributed by atoms with Gasteiger partial charge in [-0.25, -0.2) is 4.79 Å². The molecule has 0 aromatic heterocycles. The van der Waals surface area contributed by atoms with Gasteiger partial charge in [0.05, 0.1) is 12.2 Å². The van der Waals surface area contributed by atoms with Crippen molar-refractivity contribution in [1.29, 1.82) is 0 Å². The Morgan fingerprint density at radius 1 is 1.22 bits per heavy atom. The maximum absolute atomic E-state index is 11.7. The van der Waals surface area contributed by atoms with Crippen LogP contribution < -0.4 is 5.30 Å². The van der Waals surface area contributed by atoms with E-state index in [4.69, 9.17) is 4.74 Å². The molecule has 0 saturated heterocycles. The summed E-state index contributed by atoms with van der Waals surface area (Å²) in [4.78, 5) is 11.7. The third-order valence-electron chi connectivity index (χ3n) is 2.77. The van der Waals surface area contributed by atoms with Crippen molar-refractivity contribution < 1.29 is 9.53 Å². The van der Waals surface area contributed by atoms with Gasteiger partial charge in [-0.05, 0) is 35.7 Å². The smallest absolute Gasteiger partial charge is 0.338 e. The molecule has 0 N–H and O–H groups in total. The van der Waals surface area contributed by atoms with E-state index in [0.29, 0.717) is 23.5 Å². The van der Waals surface area contributed by atoms with Gasteiger partial charge in [0, 0.05) is 0 Å². The van der Waals surface area contributed by atoms with Crippen molar-refractivity contribution in [2.45, 2.75) is 45.9 Å². The molecule has 0 saturated carbocycles. The Morgan fingerprint density at radius 2 is 1.83 bits per heavy atom. The van der Waals surface area contributed by atoms with E-state index >= 15 is 0 Å². The topological polar surface area (TPSA) is 26.3 Å². The molecule has 0 heterocycles. The monoisotopic (exact) mass is 266 g/mol. The standard InChI is InChI=1S/C15H23O2P/c1-6-17-15(16)13-8-7-9-14(10-13)18(11(2)3)12(4)5/h7-12H,6H2,1-5H3. The first-order chi connectivity index (χ1) is 8.47. The zero-order chi connectivity index (χ0) is 13.7. The van der Waals surface area contributed by atoms with Crippen LogP contribution in [0.2, 0.25) is 0 Å². The summed E-state index contributed by atoms with van der Waals surface area (Å²) in [5.41, 5.74) is 1.91. The Hall–Kier alpha value is -0.880. The minimum atomic E-state index is -0.232. The van der Waals surface area contributed by atoms with Gasteiger partial charge in [0.1, 0.15) is 0 Å². The van der Waals surface area contributed by atoms with Gasteiger partial charge < -0.3 is 4.74 Å². The molecule has 1 aromatic carbocycles.